The van der Waals surface area contributed by atoms with Crippen molar-refractivity contribution in [1.29, 1.82) is 0 Å². The van der Waals surface area contributed by atoms with Gasteiger partial charge in [-0.2, -0.15) is 0 Å². The van der Waals surface area contributed by atoms with Crippen molar-refractivity contribution < 1.29 is 18.4 Å². The van der Waals surface area contributed by atoms with Crippen LogP contribution in [-0.2, 0) is 4.79 Å². The Balaban J connectivity index is 2.63. The van der Waals surface area contributed by atoms with Gasteiger partial charge in [-0.15, -0.1) is 0 Å². The van der Waals surface area contributed by atoms with Crippen molar-refractivity contribution in [2.45, 2.75) is 123 Å². The molecule has 4 nitrogen and oxygen atoms in total. The number of esters is 1. The van der Waals surface area contributed by atoms with Crippen molar-refractivity contribution in [2.75, 3.05) is 0 Å². The van der Waals surface area contributed by atoms with Gasteiger partial charge in [0.1, 0.15) is 17.2 Å². The molecule has 0 radical (unpaired) electrons. The molecule has 222 valence electrons. The molecule has 0 spiro atoms. The maximum atomic E-state index is 11.3. The van der Waals surface area contributed by atoms with Gasteiger partial charge in [-0.3, -0.25) is 4.79 Å². The summed E-state index contributed by atoms with van der Waals surface area (Å²) in [7, 11) is -4.31. The van der Waals surface area contributed by atoms with Crippen LogP contribution in [0.1, 0.15) is 101 Å². The molecule has 0 atom stereocenters. The topological polar surface area (TPSA) is 44.8 Å². The SMILES string of the molecule is CC(=O)Oc1ccc(C=Cc2cc(O[Si](C(C)C)(C(C)C)C(C)C)cc(O[Si](C(C)C)(C(C)C)C(C)C)c2)cc1. The van der Waals surface area contributed by atoms with E-state index in [1.165, 1.54) is 6.92 Å². The zero-order valence-corrected chi connectivity index (χ0v) is 29.3. The van der Waals surface area contributed by atoms with E-state index in [4.69, 9.17) is 13.6 Å². The monoisotopic (exact) mass is 582 g/mol. The molecule has 0 heterocycles. The zero-order chi connectivity index (χ0) is 30.4. The van der Waals surface area contributed by atoms with E-state index >= 15 is 0 Å². The van der Waals surface area contributed by atoms with Crippen molar-refractivity contribution in [2.24, 2.45) is 0 Å². The van der Waals surface area contributed by atoms with Crippen LogP contribution in [0.25, 0.3) is 12.2 Å². The van der Waals surface area contributed by atoms with E-state index in [1.807, 2.05) is 24.3 Å². The fourth-order valence-corrected chi connectivity index (χ4v) is 17.4. The molecular weight excluding hydrogens is 529 g/mol. The summed E-state index contributed by atoms with van der Waals surface area (Å²) in [5.41, 5.74) is 4.92. The first-order valence-corrected chi connectivity index (χ1v) is 19.3. The van der Waals surface area contributed by atoms with Crippen molar-refractivity contribution in [1.82, 2.24) is 0 Å². The predicted octanol–water partition coefficient (Wildman–Crippen LogP) is 10.9. The highest BCUT2D eigenvalue weighted by Crippen LogP contribution is 2.46. The molecule has 0 amide bonds. The van der Waals surface area contributed by atoms with Gasteiger partial charge in [0, 0.05) is 13.0 Å². The molecule has 6 heteroatoms. The molecule has 0 saturated heterocycles. The van der Waals surface area contributed by atoms with Crippen LogP contribution in [0.4, 0.5) is 0 Å². The summed E-state index contributed by atoms with van der Waals surface area (Å²) >= 11 is 0. The second-order valence-corrected chi connectivity index (χ2v) is 23.8. The van der Waals surface area contributed by atoms with Crippen LogP contribution in [0.2, 0.25) is 33.2 Å². The minimum atomic E-state index is -2.15. The molecule has 2 aromatic rings. The molecular formula is C34H54O4Si2. The average molecular weight is 583 g/mol. The standard InChI is InChI=1S/C34H54O4Si2/c1-23(2)39(24(3)4,25(5)6)37-33-20-31(15-14-30-16-18-32(19-17-30)36-29(13)35)21-34(22-33)38-40(26(7)8,27(9)10)28(11)12/h14-28H,1-13H3. The summed E-state index contributed by atoms with van der Waals surface area (Å²) in [5.74, 6) is 2.04. The Morgan fingerprint density at radius 1 is 0.550 bits per heavy atom. The van der Waals surface area contributed by atoms with Gasteiger partial charge >= 0.3 is 5.97 Å². The van der Waals surface area contributed by atoms with Gasteiger partial charge in [0.25, 0.3) is 16.6 Å². The summed E-state index contributed by atoms with van der Waals surface area (Å²) in [5, 5.41) is 0. The highest BCUT2D eigenvalue weighted by atomic mass is 28.4. The summed E-state index contributed by atoms with van der Waals surface area (Å²) in [6.07, 6.45) is 4.20. The van der Waals surface area contributed by atoms with Crippen molar-refractivity contribution in [3.05, 3.63) is 53.6 Å². The largest absolute Gasteiger partial charge is 0.543 e. The number of hydrogen-bond donors (Lipinski definition) is 0. The van der Waals surface area contributed by atoms with E-state index in [-0.39, 0.29) is 5.97 Å². The number of rotatable bonds is 13. The Hall–Kier alpha value is -2.32. The van der Waals surface area contributed by atoms with Crippen LogP contribution in [0.5, 0.6) is 17.2 Å². The highest BCUT2D eigenvalue weighted by molar-refractivity contribution is 6.78. The van der Waals surface area contributed by atoms with E-state index in [0.29, 0.717) is 39.0 Å². The van der Waals surface area contributed by atoms with Crippen LogP contribution >= 0.6 is 0 Å². The second kappa shape index (κ2) is 14.0. The normalized spacial score (nSPS) is 13.0. The van der Waals surface area contributed by atoms with Gasteiger partial charge in [0.15, 0.2) is 0 Å². The smallest absolute Gasteiger partial charge is 0.308 e. The summed E-state index contributed by atoms with van der Waals surface area (Å²) in [6.45, 7) is 29.3. The van der Waals surface area contributed by atoms with Crippen LogP contribution in [0.15, 0.2) is 42.5 Å². The molecule has 0 fully saturated rings. The third kappa shape index (κ3) is 7.70. The lowest BCUT2D eigenvalue weighted by molar-refractivity contribution is -0.131. The molecule has 0 N–H and O–H groups in total. The lowest BCUT2D eigenvalue weighted by atomic mass is 10.1. The minimum absolute atomic E-state index is 0.319. The van der Waals surface area contributed by atoms with E-state index in [1.54, 1.807) is 0 Å². The van der Waals surface area contributed by atoms with Gasteiger partial charge in [-0.1, -0.05) is 107 Å². The quantitative estimate of drug-likeness (QED) is 0.102. The first-order chi connectivity index (χ1) is 18.6. The van der Waals surface area contributed by atoms with E-state index < -0.39 is 16.6 Å². The first kappa shape index (κ1) is 33.9. The number of ether oxygens (including phenoxy) is 1. The number of hydrogen-bond acceptors (Lipinski definition) is 4. The molecule has 0 bridgehead atoms. The minimum Gasteiger partial charge on any atom is -0.543 e. The third-order valence-electron chi connectivity index (χ3n) is 8.52. The first-order valence-electron chi connectivity index (χ1n) is 15.1. The third-order valence-corrected chi connectivity index (χ3v) is 20.5. The van der Waals surface area contributed by atoms with Gasteiger partial charge in [0.2, 0.25) is 0 Å². The van der Waals surface area contributed by atoms with E-state index in [0.717, 1.165) is 22.6 Å². The summed E-state index contributed by atoms with van der Waals surface area (Å²) < 4.78 is 19.5. The lowest BCUT2D eigenvalue weighted by Gasteiger charge is -2.43. The maximum Gasteiger partial charge on any atom is 0.308 e. The molecule has 0 aromatic heterocycles. The van der Waals surface area contributed by atoms with Gasteiger partial charge in [0.05, 0.1) is 0 Å². The molecule has 0 aliphatic carbocycles. The number of carbonyl (C=O) groups is 1. The van der Waals surface area contributed by atoms with Gasteiger partial charge in [-0.25, -0.2) is 0 Å². The zero-order valence-electron chi connectivity index (χ0n) is 27.3. The Bertz CT molecular complexity index is 1040. The van der Waals surface area contributed by atoms with Gasteiger partial charge < -0.3 is 13.6 Å². The lowest BCUT2D eigenvalue weighted by Crippen LogP contribution is -2.51. The Kier molecular flexibility index (Phi) is 11.9. The maximum absolute atomic E-state index is 11.3. The predicted molar refractivity (Wildman–Crippen MR) is 176 cm³/mol. The van der Waals surface area contributed by atoms with E-state index in [2.05, 4.69) is 113 Å². The molecule has 0 aliphatic heterocycles. The molecule has 2 rings (SSSR count). The summed E-state index contributed by atoms with van der Waals surface area (Å²) in [6, 6.07) is 14.0. The molecule has 0 aliphatic rings. The molecule has 40 heavy (non-hydrogen) atoms. The highest BCUT2D eigenvalue weighted by Gasteiger charge is 2.48. The number of benzene rings is 2. The van der Waals surface area contributed by atoms with Crippen LogP contribution in [0.3, 0.4) is 0 Å². The Morgan fingerprint density at radius 2 is 0.900 bits per heavy atom. The van der Waals surface area contributed by atoms with Crippen molar-refractivity contribution >= 4 is 34.8 Å². The molecule has 0 saturated carbocycles. The van der Waals surface area contributed by atoms with Crippen LogP contribution in [0, 0.1) is 0 Å². The van der Waals surface area contributed by atoms with E-state index in [9.17, 15) is 4.79 Å². The average Bonchev–Trinajstić information content (AvgIpc) is 2.83. The Labute approximate surface area is 246 Å². The summed E-state index contributed by atoms with van der Waals surface area (Å²) in [4.78, 5) is 11.3. The molecule has 2 aromatic carbocycles. The van der Waals surface area contributed by atoms with Crippen molar-refractivity contribution in [3.8, 4) is 17.2 Å². The fraction of sp³-hybridized carbons (Fsp3) is 0.559. The Morgan fingerprint density at radius 3 is 1.23 bits per heavy atom. The fourth-order valence-electron chi connectivity index (χ4n) is 6.93. The van der Waals surface area contributed by atoms with Crippen molar-refractivity contribution in [3.63, 3.8) is 0 Å². The second-order valence-electron chi connectivity index (χ2n) is 13.1. The molecule has 0 unspecified atom stereocenters. The van der Waals surface area contributed by atoms with Crippen LogP contribution < -0.4 is 13.6 Å². The number of carbonyl (C=O) groups excluding carboxylic acids is 1. The van der Waals surface area contributed by atoms with Crippen LogP contribution in [-0.4, -0.2) is 22.6 Å². The van der Waals surface area contributed by atoms with Gasteiger partial charge in [-0.05, 0) is 68.6 Å².